The lowest BCUT2D eigenvalue weighted by Gasteiger charge is -2.25. The maximum Gasteiger partial charge on any atom is 0.240 e. The highest BCUT2D eigenvalue weighted by Gasteiger charge is 2.34. The van der Waals surface area contributed by atoms with Crippen molar-refractivity contribution in [3.05, 3.63) is 59.2 Å². The second-order valence-electron chi connectivity index (χ2n) is 7.29. The van der Waals surface area contributed by atoms with Crippen molar-refractivity contribution in [1.29, 1.82) is 0 Å². The van der Waals surface area contributed by atoms with E-state index in [4.69, 9.17) is 0 Å². The van der Waals surface area contributed by atoms with Crippen LogP contribution in [0.2, 0.25) is 0 Å². The van der Waals surface area contributed by atoms with Gasteiger partial charge in [0.05, 0.1) is 10.9 Å². The molecule has 0 aliphatic carbocycles. The van der Waals surface area contributed by atoms with Gasteiger partial charge in [-0.05, 0) is 79.4 Å². The van der Waals surface area contributed by atoms with Crippen LogP contribution >= 0.6 is 11.8 Å². The van der Waals surface area contributed by atoms with Crippen molar-refractivity contribution in [2.75, 3.05) is 4.90 Å². The Balaban J connectivity index is 1.56. The van der Waals surface area contributed by atoms with Gasteiger partial charge in [-0.1, -0.05) is 36.0 Å². The number of rotatable bonds is 4. The van der Waals surface area contributed by atoms with Crippen LogP contribution in [-0.4, -0.2) is 37.4 Å². The molecule has 1 amide bonds. The molecule has 0 N–H and O–H groups in total. The van der Waals surface area contributed by atoms with Crippen LogP contribution in [0.1, 0.15) is 30.5 Å². The molecule has 3 aromatic rings. The number of carbonyl (C=O) groups is 1. The molecule has 28 heavy (non-hydrogen) atoms. The van der Waals surface area contributed by atoms with E-state index < -0.39 is 0 Å². The quantitative estimate of drug-likeness (QED) is 0.632. The van der Waals surface area contributed by atoms with Crippen LogP contribution in [0.5, 0.6) is 0 Å². The van der Waals surface area contributed by atoms with Gasteiger partial charge in [0.15, 0.2) is 0 Å². The highest BCUT2D eigenvalue weighted by Crippen LogP contribution is 2.34. The Morgan fingerprint density at radius 1 is 1.18 bits per heavy atom. The Hall–Kier alpha value is -2.67. The molecule has 2 aromatic carbocycles. The predicted octanol–water partition coefficient (Wildman–Crippen LogP) is 3.74. The highest BCUT2D eigenvalue weighted by molar-refractivity contribution is 8.00. The lowest BCUT2D eigenvalue weighted by Crippen LogP contribution is -2.40. The third kappa shape index (κ3) is 3.30. The SMILES string of the molecule is Cc1ccc(-n2nnnc2S[C@H](C)C(=O)N2c3ccccc3C[C@H]2C)cc1C. The molecule has 0 radical (unpaired) electrons. The summed E-state index contributed by atoms with van der Waals surface area (Å²) in [5.74, 6) is 0.0806. The van der Waals surface area contributed by atoms with Crippen molar-refractivity contribution in [3.8, 4) is 5.69 Å². The molecule has 1 aromatic heterocycles. The minimum Gasteiger partial charge on any atom is -0.308 e. The van der Waals surface area contributed by atoms with E-state index in [2.05, 4.69) is 54.5 Å². The number of para-hydroxylation sites is 1. The summed E-state index contributed by atoms with van der Waals surface area (Å²) in [7, 11) is 0. The van der Waals surface area contributed by atoms with Crippen molar-refractivity contribution in [1.82, 2.24) is 20.2 Å². The number of nitrogens with zero attached hydrogens (tertiary/aromatic N) is 5. The maximum atomic E-state index is 13.2. The maximum absolute atomic E-state index is 13.2. The van der Waals surface area contributed by atoms with Crippen LogP contribution < -0.4 is 4.90 Å². The van der Waals surface area contributed by atoms with Crippen LogP contribution in [0.15, 0.2) is 47.6 Å². The van der Waals surface area contributed by atoms with Gasteiger partial charge >= 0.3 is 0 Å². The average molecular weight is 394 g/mol. The van der Waals surface area contributed by atoms with Gasteiger partial charge in [-0.3, -0.25) is 4.79 Å². The van der Waals surface area contributed by atoms with E-state index in [1.54, 1.807) is 4.68 Å². The van der Waals surface area contributed by atoms with Crippen LogP contribution in [0, 0.1) is 13.8 Å². The highest BCUT2D eigenvalue weighted by atomic mass is 32.2. The lowest BCUT2D eigenvalue weighted by atomic mass is 10.1. The number of benzene rings is 2. The molecule has 2 heterocycles. The first-order valence-electron chi connectivity index (χ1n) is 9.39. The predicted molar refractivity (Wildman–Crippen MR) is 111 cm³/mol. The zero-order valence-corrected chi connectivity index (χ0v) is 17.3. The third-order valence-electron chi connectivity index (χ3n) is 5.25. The fourth-order valence-corrected chi connectivity index (χ4v) is 4.43. The largest absolute Gasteiger partial charge is 0.308 e. The van der Waals surface area contributed by atoms with E-state index in [9.17, 15) is 4.79 Å². The van der Waals surface area contributed by atoms with E-state index >= 15 is 0 Å². The van der Waals surface area contributed by atoms with Gasteiger partial charge < -0.3 is 4.90 Å². The van der Waals surface area contributed by atoms with Crippen molar-refractivity contribution >= 4 is 23.4 Å². The first-order valence-corrected chi connectivity index (χ1v) is 10.3. The molecule has 7 heteroatoms. The normalized spacial score (nSPS) is 16.9. The summed E-state index contributed by atoms with van der Waals surface area (Å²) in [4.78, 5) is 15.1. The Morgan fingerprint density at radius 2 is 1.96 bits per heavy atom. The fourth-order valence-electron chi connectivity index (χ4n) is 3.58. The van der Waals surface area contributed by atoms with Crippen LogP contribution in [-0.2, 0) is 11.2 Å². The van der Waals surface area contributed by atoms with Crippen LogP contribution in [0.25, 0.3) is 5.69 Å². The number of hydrogen-bond acceptors (Lipinski definition) is 5. The van der Waals surface area contributed by atoms with Crippen molar-refractivity contribution in [3.63, 3.8) is 0 Å². The van der Waals surface area contributed by atoms with Gasteiger partial charge in [0.2, 0.25) is 11.1 Å². The summed E-state index contributed by atoms with van der Waals surface area (Å²) >= 11 is 1.39. The Labute approximate surface area is 168 Å². The topological polar surface area (TPSA) is 63.9 Å². The Morgan fingerprint density at radius 3 is 2.75 bits per heavy atom. The van der Waals surface area contributed by atoms with E-state index in [1.165, 1.54) is 28.5 Å². The third-order valence-corrected chi connectivity index (χ3v) is 6.27. The number of hydrogen-bond donors (Lipinski definition) is 0. The summed E-state index contributed by atoms with van der Waals surface area (Å²) in [5.41, 5.74) is 5.53. The fraction of sp³-hybridized carbons (Fsp3) is 0.333. The van der Waals surface area contributed by atoms with E-state index in [0.717, 1.165) is 17.8 Å². The number of aryl methyl sites for hydroxylation is 2. The molecule has 144 valence electrons. The molecular formula is C21H23N5OS. The zero-order chi connectivity index (χ0) is 19.8. The molecule has 0 unspecified atom stereocenters. The first kappa shape index (κ1) is 18.7. The van der Waals surface area contributed by atoms with E-state index in [-0.39, 0.29) is 17.2 Å². The smallest absolute Gasteiger partial charge is 0.240 e. The number of anilines is 1. The van der Waals surface area contributed by atoms with Gasteiger partial charge in [0, 0.05) is 11.7 Å². The van der Waals surface area contributed by atoms with Gasteiger partial charge in [0.1, 0.15) is 0 Å². The van der Waals surface area contributed by atoms with Crippen molar-refractivity contribution in [2.24, 2.45) is 0 Å². The molecule has 2 atom stereocenters. The van der Waals surface area contributed by atoms with E-state index in [1.807, 2.05) is 36.1 Å². The number of tetrazole rings is 1. The van der Waals surface area contributed by atoms with Crippen LogP contribution in [0.3, 0.4) is 0 Å². The number of amides is 1. The number of aromatic nitrogens is 4. The molecule has 1 aliphatic heterocycles. The number of carbonyl (C=O) groups excluding carboxylic acids is 1. The molecule has 0 fully saturated rings. The minimum atomic E-state index is -0.301. The summed E-state index contributed by atoms with van der Waals surface area (Å²) < 4.78 is 1.70. The molecular weight excluding hydrogens is 370 g/mol. The average Bonchev–Trinajstić information content (AvgIpc) is 3.26. The monoisotopic (exact) mass is 393 g/mol. The molecule has 4 rings (SSSR count). The second-order valence-corrected chi connectivity index (χ2v) is 8.60. The van der Waals surface area contributed by atoms with Crippen LogP contribution in [0.4, 0.5) is 5.69 Å². The van der Waals surface area contributed by atoms with E-state index in [0.29, 0.717) is 5.16 Å². The molecule has 0 saturated carbocycles. The minimum absolute atomic E-state index is 0.0806. The number of fused-ring (bicyclic) bond motifs is 1. The number of thioether (sulfide) groups is 1. The molecule has 6 nitrogen and oxygen atoms in total. The zero-order valence-electron chi connectivity index (χ0n) is 16.5. The Kier molecular flexibility index (Phi) is 4.93. The molecule has 0 spiro atoms. The summed E-state index contributed by atoms with van der Waals surface area (Å²) in [6.45, 7) is 8.15. The summed E-state index contributed by atoms with van der Waals surface area (Å²) in [6, 6.07) is 14.4. The van der Waals surface area contributed by atoms with Gasteiger partial charge in [-0.2, -0.15) is 4.68 Å². The summed E-state index contributed by atoms with van der Waals surface area (Å²) in [5, 5.41) is 12.4. The molecule has 0 saturated heterocycles. The molecule has 0 bridgehead atoms. The summed E-state index contributed by atoms with van der Waals surface area (Å²) in [6.07, 6.45) is 0.889. The second kappa shape index (κ2) is 7.39. The Bertz CT molecular complexity index is 1030. The van der Waals surface area contributed by atoms with Crippen molar-refractivity contribution < 1.29 is 4.79 Å². The van der Waals surface area contributed by atoms with Gasteiger partial charge in [-0.25, -0.2) is 0 Å². The lowest BCUT2D eigenvalue weighted by molar-refractivity contribution is -0.118. The van der Waals surface area contributed by atoms with Gasteiger partial charge in [0.25, 0.3) is 0 Å². The standard InChI is InChI=1S/C21H23N5OS/c1-13-9-10-18(11-14(13)2)26-21(22-23-24-26)28-16(4)20(27)25-15(3)12-17-7-5-6-8-19(17)25/h5-11,15-16H,12H2,1-4H3/t15-,16-/m1/s1. The first-order chi connectivity index (χ1) is 13.5. The molecule has 1 aliphatic rings. The van der Waals surface area contributed by atoms with Crippen molar-refractivity contribution in [2.45, 2.75) is 50.6 Å². The van der Waals surface area contributed by atoms with Gasteiger partial charge in [-0.15, -0.1) is 5.10 Å².